The standard InChI is InChI=1S/C15H26N4O2/c1-12(2)21-14-13(16-7-8-17-14)18-11-15(19(3)4)5-9-20-10-6-15/h7-8,12H,5-6,9-11H2,1-4H3,(H,16,18). The second kappa shape index (κ2) is 7.04. The minimum absolute atomic E-state index is 0.0770. The predicted molar refractivity (Wildman–Crippen MR) is 82.8 cm³/mol. The van der Waals surface area contributed by atoms with E-state index in [1.807, 2.05) is 13.8 Å². The Balaban J connectivity index is 2.07. The van der Waals surface area contributed by atoms with E-state index in [1.165, 1.54) is 0 Å². The van der Waals surface area contributed by atoms with Crippen LogP contribution < -0.4 is 10.1 Å². The smallest absolute Gasteiger partial charge is 0.257 e. The van der Waals surface area contributed by atoms with Crippen LogP contribution >= 0.6 is 0 Å². The summed E-state index contributed by atoms with van der Waals surface area (Å²) in [6.07, 6.45) is 5.43. The van der Waals surface area contributed by atoms with Crippen molar-refractivity contribution in [2.75, 3.05) is 39.2 Å². The van der Waals surface area contributed by atoms with Gasteiger partial charge in [0.15, 0.2) is 5.82 Å². The molecule has 0 unspecified atom stereocenters. The van der Waals surface area contributed by atoms with Crippen molar-refractivity contribution < 1.29 is 9.47 Å². The maximum absolute atomic E-state index is 5.70. The molecule has 0 amide bonds. The zero-order valence-electron chi connectivity index (χ0n) is 13.4. The van der Waals surface area contributed by atoms with Crippen molar-refractivity contribution in [2.24, 2.45) is 0 Å². The van der Waals surface area contributed by atoms with E-state index in [0.29, 0.717) is 11.7 Å². The molecule has 1 fully saturated rings. The van der Waals surface area contributed by atoms with Crippen LogP contribution in [-0.4, -0.2) is 60.4 Å². The molecule has 2 rings (SSSR count). The Hall–Kier alpha value is -1.40. The molecule has 1 aliphatic heterocycles. The Labute approximate surface area is 126 Å². The molecule has 0 radical (unpaired) electrons. The molecule has 0 spiro atoms. The minimum atomic E-state index is 0.0770. The van der Waals surface area contributed by atoms with Crippen LogP contribution in [0.1, 0.15) is 26.7 Å². The largest absolute Gasteiger partial charge is 0.472 e. The first kappa shape index (κ1) is 16.0. The second-order valence-electron chi connectivity index (χ2n) is 5.96. The Kier molecular flexibility index (Phi) is 5.36. The number of nitrogens with one attached hydrogen (secondary N) is 1. The Morgan fingerprint density at radius 1 is 1.29 bits per heavy atom. The summed E-state index contributed by atoms with van der Waals surface area (Å²) in [4.78, 5) is 10.9. The zero-order chi connectivity index (χ0) is 15.3. The lowest BCUT2D eigenvalue weighted by Crippen LogP contribution is -2.53. The van der Waals surface area contributed by atoms with Gasteiger partial charge in [-0.3, -0.25) is 0 Å². The third-order valence-electron chi connectivity index (χ3n) is 3.97. The summed E-state index contributed by atoms with van der Waals surface area (Å²) in [6, 6.07) is 0. The summed E-state index contributed by atoms with van der Waals surface area (Å²) in [5.41, 5.74) is 0.0882. The van der Waals surface area contributed by atoms with Gasteiger partial charge in [-0.05, 0) is 40.8 Å². The number of nitrogens with zero attached hydrogens (tertiary/aromatic N) is 3. The van der Waals surface area contributed by atoms with Crippen molar-refractivity contribution in [3.8, 4) is 5.88 Å². The first-order chi connectivity index (χ1) is 10.0. The van der Waals surface area contributed by atoms with Gasteiger partial charge in [0, 0.05) is 37.7 Å². The summed E-state index contributed by atoms with van der Waals surface area (Å²) in [5, 5.41) is 3.41. The number of aromatic nitrogens is 2. The van der Waals surface area contributed by atoms with Crippen molar-refractivity contribution in [1.82, 2.24) is 14.9 Å². The Morgan fingerprint density at radius 2 is 1.95 bits per heavy atom. The lowest BCUT2D eigenvalue weighted by molar-refractivity contribution is -0.000695. The molecule has 21 heavy (non-hydrogen) atoms. The van der Waals surface area contributed by atoms with Crippen molar-refractivity contribution in [3.05, 3.63) is 12.4 Å². The van der Waals surface area contributed by atoms with Crippen LogP contribution in [0.2, 0.25) is 0 Å². The van der Waals surface area contributed by atoms with E-state index in [0.717, 1.165) is 32.6 Å². The van der Waals surface area contributed by atoms with Crippen molar-refractivity contribution in [2.45, 2.75) is 38.3 Å². The fraction of sp³-hybridized carbons (Fsp3) is 0.733. The number of rotatable bonds is 6. The molecule has 1 saturated heterocycles. The van der Waals surface area contributed by atoms with Crippen LogP contribution in [0.15, 0.2) is 12.4 Å². The van der Waals surface area contributed by atoms with Crippen LogP contribution in [0, 0.1) is 0 Å². The summed E-state index contributed by atoms with van der Waals surface area (Å²) >= 11 is 0. The fourth-order valence-corrected chi connectivity index (χ4v) is 2.54. The van der Waals surface area contributed by atoms with Crippen LogP contribution in [0.3, 0.4) is 0 Å². The summed E-state index contributed by atoms with van der Waals surface area (Å²) in [7, 11) is 4.24. The molecular weight excluding hydrogens is 268 g/mol. The van der Waals surface area contributed by atoms with Crippen LogP contribution in [0.5, 0.6) is 5.88 Å². The molecule has 0 saturated carbocycles. The molecule has 0 atom stereocenters. The van der Waals surface area contributed by atoms with Gasteiger partial charge >= 0.3 is 0 Å². The highest BCUT2D eigenvalue weighted by Crippen LogP contribution is 2.27. The molecule has 1 aromatic rings. The highest BCUT2D eigenvalue weighted by atomic mass is 16.5. The van der Waals surface area contributed by atoms with Gasteiger partial charge < -0.3 is 19.7 Å². The highest BCUT2D eigenvalue weighted by Gasteiger charge is 2.34. The minimum Gasteiger partial charge on any atom is -0.472 e. The molecule has 1 N–H and O–H groups in total. The first-order valence-electron chi connectivity index (χ1n) is 7.50. The SMILES string of the molecule is CC(C)Oc1nccnc1NCC1(N(C)C)CCOCC1. The highest BCUT2D eigenvalue weighted by molar-refractivity contribution is 5.45. The lowest BCUT2D eigenvalue weighted by Gasteiger charge is -2.43. The first-order valence-corrected chi connectivity index (χ1v) is 7.50. The van der Waals surface area contributed by atoms with E-state index in [9.17, 15) is 0 Å². The molecule has 118 valence electrons. The van der Waals surface area contributed by atoms with Gasteiger partial charge in [-0.15, -0.1) is 0 Å². The van der Waals surface area contributed by atoms with E-state index in [2.05, 4.69) is 34.3 Å². The van der Waals surface area contributed by atoms with E-state index in [4.69, 9.17) is 9.47 Å². The molecule has 1 aliphatic rings. The Morgan fingerprint density at radius 3 is 2.57 bits per heavy atom. The number of ether oxygens (including phenoxy) is 2. The van der Waals surface area contributed by atoms with Gasteiger partial charge in [-0.1, -0.05) is 0 Å². The van der Waals surface area contributed by atoms with Gasteiger partial charge in [-0.25, -0.2) is 9.97 Å². The van der Waals surface area contributed by atoms with Gasteiger partial charge in [-0.2, -0.15) is 0 Å². The number of hydrogen-bond donors (Lipinski definition) is 1. The van der Waals surface area contributed by atoms with Crippen molar-refractivity contribution >= 4 is 5.82 Å². The molecular formula is C15H26N4O2. The molecule has 0 aliphatic carbocycles. The maximum Gasteiger partial charge on any atom is 0.257 e. The molecule has 6 heteroatoms. The summed E-state index contributed by atoms with van der Waals surface area (Å²) < 4.78 is 11.2. The second-order valence-corrected chi connectivity index (χ2v) is 5.96. The molecule has 0 aromatic carbocycles. The number of likely N-dealkylation sites (N-methyl/N-ethyl adjacent to an activating group) is 1. The summed E-state index contributed by atoms with van der Waals surface area (Å²) in [5.74, 6) is 1.27. The lowest BCUT2D eigenvalue weighted by atomic mass is 9.88. The predicted octanol–water partition coefficient (Wildman–Crippen LogP) is 1.79. The monoisotopic (exact) mass is 294 g/mol. The van der Waals surface area contributed by atoms with Gasteiger partial charge in [0.25, 0.3) is 5.88 Å². The van der Waals surface area contributed by atoms with Gasteiger partial charge in [0.1, 0.15) is 0 Å². The van der Waals surface area contributed by atoms with Crippen LogP contribution in [0.25, 0.3) is 0 Å². The third kappa shape index (κ3) is 4.04. The zero-order valence-corrected chi connectivity index (χ0v) is 13.4. The molecule has 2 heterocycles. The average molecular weight is 294 g/mol. The van der Waals surface area contributed by atoms with Gasteiger partial charge in [0.2, 0.25) is 0 Å². The quantitative estimate of drug-likeness (QED) is 0.863. The summed E-state index contributed by atoms with van der Waals surface area (Å²) in [6.45, 7) is 6.37. The van der Waals surface area contributed by atoms with Crippen LogP contribution in [0.4, 0.5) is 5.82 Å². The average Bonchev–Trinajstić information content (AvgIpc) is 2.46. The number of hydrogen-bond acceptors (Lipinski definition) is 6. The van der Waals surface area contributed by atoms with E-state index < -0.39 is 0 Å². The molecule has 1 aromatic heterocycles. The van der Waals surface area contributed by atoms with Crippen molar-refractivity contribution in [1.29, 1.82) is 0 Å². The van der Waals surface area contributed by atoms with E-state index in [-0.39, 0.29) is 11.6 Å². The molecule has 0 bridgehead atoms. The fourth-order valence-electron chi connectivity index (χ4n) is 2.54. The third-order valence-corrected chi connectivity index (χ3v) is 3.97. The molecule has 6 nitrogen and oxygen atoms in total. The number of anilines is 1. The topological polar surface area (TPSA) is 59.5 Å². The Bertz CT molecular complexity index is 445. The van der Waals surface area contributed by atoms with Crippen molar-refractivity contribution in [3.63, 3.8) is 0 Å². The van der Waals surface area contributed by atoms with Crippen LogP contribution in [-0.2, 0) is 4.74 Å². The normalized spacial score (nSPS) is 18.0. The van der Waals surface area contributed by atoms with Gasteiger partial charge in [0.05, 0.1) is 6.10 Å². The van der Waals surface area contributed by atoms with E-state index in [1.54, 1.807) is 12.4 Å². The maximum atomic E-state index is 5.70. The van der Waals surface area contributed by atoms with E-state index >= 15 is 0 Å².